The Kier molecular flexibility index (Phi) is 7.39. The maximum atomic E-state index is 12.9. The lowest BCUT2D eigenvalue weighted by Crippen LogP contribution is -2.58. The molecule has 0 saturated carbocycles. The van der Waals surface area contributed by atoms with Crippen molar-refractivity contribution in [2.75, 3.05) is 43.4 Å². The van der Waals surface area contributed by atoms with Gasteiger partial charge in [-0.3, -0.25) is 14.5 Å². The van der Waals surface area contributed by atoms with Gasteiger partial charge < -0.3 is 21.3 Å². The van der Waals surface area contributed by atoms with E-state index >= 15 is 0 Å². The molecule has 4 rings (SSSR count). The molecule has 0 aliphatic carbocycles. The summed E-state index contributed by atoms with van der Waals surface area (Å²) < 4.78 is 0. The fraction of sp³-hybridized carbons (Fsp3) is 0.500. The summed E-state index contributed by atoms with van der Waals surface area (Å²) in [5, 5.41) is 0.455. The van der Waals surface area contributed by atoms with E-state index in [2.05, 4.69) is 31.7 Å². The van der Waals surface area contributed by atoms with Crippen molar-refractivity contribution < 1.29 is 9.59 Å². The van der Waals surface area contributed by atoms with Crippen molar-refractivity contribution in [2.24, 2.45) is 5.73 Å². The Hall–Kier alpha value is -2.69. The Morgan fingerprint density at radius 1 is 1.12 bits per heavy atom. The molecule has 2 aliphatic rings. The number of nitrogens with zero attached hydrogens (tertiary/aromatic N) is 6. The predicted octanol–water partition coefficient (Wildman–Crippen LogP) is 2.06. The van der Waals surface area contributed by atoms with E-state index in [0.717, 1.165) is 38.9 Å². The summed E-state index contributed by atoms with van der Waals surface area (Å²) in [4.78, 5) is 43.2. The van der Waals surface area contributed by atoms with E-state index in [9.17, 15) is 9.59 Å². The summed E-state index contributed by atoms with van der Waals surface area (Å²) in [5.74, 6) is -0.0339. The van der Waals surface area contributed by atoms with Crippen LogP contribution >= 0.6 is 23.2 Å². The highest BCUT2D eigenvalue weighted by Gasteiger charge is 2.35. The van der Waals surface area contributed by atoms with E-state index < -0.39 is 5.91 Å². The largest absolute Gasteiger partial charge is 0.383 e. The maximum absolute atomic E-state index is 12.9. The van der Waals surface area contributed by atoms with Crippen LogP contribution in [0.5, 0.6) is 0 Å². The molecule has 182 valence electrons. The molecule has 2 aromatic heterocycles. The number of rotatable bonds is 5. The molecule has 0 unspecified atom stereocenters. The van der Waals surface area contributed by atoms with Gasteiger partial charge in [-0.05, 0) is 31.4 Å². The summed E-state index contributed by atoms with van der Waals surface area (Å²) in [6.07, 6.45) is 4.10. The van der Waals surface area contributed by atoms with Crippen molar-refractivity contribution >= 4 is 46.7 Å². The number of pyridine rings is 1. The molecule has 4 N–H and O–H groups in total. The fourth-order valence-electron chi connectivity index (χ4n) is 4.80. The molecular formula is C22H28Cl2N8O2. The zero-order valence-corrected chi connectivity index (χ0v) is 20.5. The van der Waals surface area contributed by atoms with E-state index in [4.69, 9.17) is 34.7 Å². The molecular weight excluding hydrogens is 479 g/mol. The number of anilines is 2. The lowest BCUT2D eigenvalue weighted by Gasteiger charge is -2.47. The Morgan fingerprint density at radius 3 is 2.47 bits per heavy atom. The van der Waals surface area contributed by atoms with Crippen LogP contribution in [0, 0.1) is 0 Å². The molecule has 2 fully saturated rings. The minimum Gasteiger partial charge on any atom is -0.383 e. The number of piperazine rings is 1. The number of nitrogens with two attached hydrogens (primary N) is 2. The number of halogens is 2. The molecule has 0 radical (unpaired) electrons. The highest BCUT2D eigenvalue weighted by atomic mass is 35.5. The molecule has 2 saturated heterocycles. The van der Waals surface area contributed by atoms with Crippen LogP contribution in [0.15, 0.2) is 18.3 Å². The first kappa shape index (κ1) is 24.4. The third kappa shape index (κ3) is 5.03. The number of hydrogen-bond donors (Lipinski definition) is 2. The molecule has 12 heteroatoms. The fourth-order valence-corrected chi connectivity index (χ4v) is 5.21. The van der Waals surface area contributed by atoms with Crippen molar-refractivity contribution in [1.82, 2.24) is 24.8 Å². The van der Waals surface area contributed by atoms with Crippen LogP contribution in [0.1, 0.15) is 47.0 Å². The van der Waals surface area contributed by atoms with Gasteiger partial charge in [-0.15, -0.1) is 0 Å². The number of aromatic nitrogens is 3. The van der Waals surface area contributed by atoms with Crippen molar-refractivity contribution in [2.45, 2.75) is 38.3 Å². The Labute approximate surface area is 208 Å². The monoisotopic (exact) mass is 506 g/mol. The summed E-state index contributed by atoms with van der Waals surface area (Å²) >= 11 is 12.2. The molecule has 4 heterocycles. The van der Waals surface area contributed by atoms with Crippen LogP contribution < -0.4 is 16.4 Å². The van der Waals surface area contributed by atoms with Crippen molar-refractivity contribution in [1.29, 1.82) is 0 Å². The van der Waals surface area contributed by atoms with Crippen LogP contribution in [0.25, 0.3) is 0 Å². The smallest absolute Gasteiger partial charge is 0.268 e. The SMILES string of the molecule is CC[C@H]1CN(c2ncc(C(N)=O)nc2Cl)CCN1C1CCN(C(=O)c2ccc(Cl)nc2N)CC1. The van der Waals surface area contributed by atoms with Gasteiger partial charge in [0.25, 0.3) is 11.8 Å². The molecule has 0 bridgehead atoms. The summed E-state index contributed by atoms with van der Waals surface area (Å²) in [5.41, 5.74) is 11.6. The number of piperidine rings is 1. The van der Waals surface area contributed by atoms with Gasteiger partial charge in [0.15, 0.2) is 11.0 Å². The quantitative estimate of drug-likeness (QED) is 0.588. The lowest BCUT2D eigenvalue weighted by atomic mass is 9.97. The van der Waals surface area contributed by atoms with Crippen molar-refractivity contribution in [3.63, 3.8) is 0 Å². The first-order valence-corrected chi connectivity index (χ1v) is 12.1. The standard InChI is InChI=1S/C22H28Cl2N8O2/c1-2-13-12-31(21-18(24)28-16(11-27-21)20(26)33)9-10-32(13)14-5-7-30(8-6-14)22(34)15-3-4-17(23)29-19(15)25/h3-4,11,13-14H,2,5-10,12H2,1H3,(H2,25,29)(H2,26,33)/t13-/m0/s1. The van der Waals surface area contributed by atoms with Gasteiger partial charge in [0.2, 0.25) is 0 Å². The van der Waals surface area contributed by atoms with Gasteiger partial charge in [0.05, 0.1) is 11.8 Å². The average molecular weight is 507 g/mol. The van der Waals surface area contributed by atoms with E-state index in [1.54, 1.807) is 12.1 Å². The van der Waals surface area contributed by atoms with Crippen LogP contribution in [0.3, 0.4) is 0 Å². The third-order valence-corrected chi connectivity index (χ3v) is 7.07. The van der Waals surface area contributed by atoms with Crippen LogP contribution in [0.2, 0.25) is 10.3 Å². The van der Waals surface area contributed by atoms with Gasteiger partial charge in [-0.2, -0.15) is 0 Å². The van der Waals surface area contributed by atoms with Crippen molar-refractivity contribution in [3.8, 4) is 0 Å². The molecule has 10 nitrogen and oxygen atoms in total. The number of hydrogen-bond acceptors (Lipinski definition) is 8. The molecule has 2 amide bonds. The number of primary amides is 1. The zero-order valence-electron chi connectivity index (χ0n) is 19.0. The number of likely N-dealkylation sites (tertiary alicyclic amines) is 1. The first-order valence-electron chi connectivity index (χ1n) is 11.3. The third-order valence-electron chi connectivity index (χ3n) is 6.61. The normalized spacial score (nSPS) is 19.9. The summed E-state index contributed by atoms with van der Waals surface area (Å²) in [6, 6.07) is 3.91. The topological polar surface area (TPSA) is 135 Å². The van der Waals surface area contributed by atoms with E-state index in [1.165, 1.54) is 6.20 Å². The maximum Gasteiger partial charge on any atom is 0.268 e. The minimum absolute atomic E-state index is 0.0527. The molecule has 0 spiro atoms. The highest BCUT2D eigenvalue weighted by molar-refractivity contribution is 6.31. The second-order valence-corrected chi connectivity index (χ2v) is 9.32. The number of carbonyl (C=O) groups is 2. The second-order valence-electron chi connectivity index (χ2n) is 8.57. The van der Waals surface area contributed by atoms with E-state index in [0.29, 0.717) is 36.6 Å². The molecule has 2 aromatic rings. The Bertz CT molecular complexity index is 1080. The van der Waals surface area contributed by atoms with Gasteiger partial charge in [-0.1, -0.05) is 30.1 Å². The van der Waals surface area contributed by atoms with Gasteiger partial charge in [0, 0.05) is 44.8 Å². The van der Waals surface area contributed by atoms with Gasteiger partial charge >= 0.3 is 0 Å². The summed E-state index contributed by atoms with van der Waals surface area (Å²) in [6.45, 7) is 5.84. The number of amides is 2. The van der Waals surface area contributed by atoms with Gasteiger partial charge in [0.1, 0.15) is 16.7 Å². The summed E-state index contributed by atoms with van der Waals surface area (Å²) in [7, 11) is 0. The molecule has 1 atom stereocenters. The average Bonchev–Trinajstić information content (AvgIpc) is 2.83. The van der Waals surface area contributed by atoms with Gasteiger partial charge in [-0.25, -0.2) is 15.0 Å². The van der Waals surface area contributed by atoms with Crippen LogP contribution in [-0.2, 0) is 0 Å². The molecule has 0 aromatic carbocycles. The lowest BCUT2D eigenvalue weighted by molar-refractivity contribution is 0.0491. The number of nitrogen functional groups attached to an aromatic ring is 1. The van der Waals surface area contributed by atoms with Crippen LogP contribution in [-0.4, -0.2) is 81.4 Å². The van der Waals surface area contributed by atoms with E-state index in [-0.39, 0.29) is 27.7 Å². The zero-order chi connectivity index (χ0) is 24.4. The first-order chi connectivity index (χ1) is 16.3. The van der Waals surface area contributed by atoms with Crippen molar-refractivity contribution in [3.05, 3.63) is 39.9 Å². The minimum atomic E-state index is -0.656. The van der Waals surface area contributed by atoms with Crippen LogP contribution in [0.4, 0.5) is 11.6 Å². The molecule has 2 aliphatic heterocycles. The Morgan fingerprint density at radius 2 is 1.85 bits per heavy atom. The predicted molar refractivity (Wildman–Crippen MR) is 131 cm³/mol. The Balaban J connectivity index is 1.38. The molecule has 34 heavy (non-hydrogen) atoms. The highest BCUT2D eigenvalue weighted by Crippen LogP contribution is 2.29. The number of carbonyl (C=O) groups excluding carboxylic acids is 2. The van der Waals surface area contributed by atoms with E-state index in [1.807, 2.05) is 4.90 Å². The second kappa shape index (κ2) is 10.3.